The number of carbonyl (C=O) groups excluding carboxylic acids is 2. The Labute approximate surface area is 222 Å². The molecule has 208 valence electrons. The minimum absolute atomic E-state index is 0.00775. The van der Waals surface area contributed by atoms with Crippen LogP contribution in [0.4, 0.5) is 23.4 Å². The largest absolute Gasteiger partial charge is 0.488 e. The van der Waals surface area contributed by atoms with E-state index < -0.39 is 29.9 Å². The maximum Gasteiger partial charge on any atom is 0.414 e. The van der Waals surface area contributed by atoms with E-state index in [2.05, 4.69) is 15.7 Å². The van der Waals surface area contributed by atoms with Crippen LogP contribution in [-0.2, 0) is 20.9 Å². The lowest BCUT2D eigenvalue weighted by Crippen LogP contribution is -2.28. The number of aromatic nitrogens is 2. The minimum Gasteiger partial charge on any atom is -0.488 e. The third-order valence-corrected chi connectivity index (χ3v) is 6.03. The summed E-state index contributed by atoms with van der Waals surface area (Å²) in [5, 5.41) is 9.68. The van der Waals surface area contributed by atoms with E-state index >= 15 is 4.39 Å². The summed E-state index contributed by atoms with van der Waals surface area (Å²) >= 11 is 0. The highest BCUT2D eigenvalue weighted by molar-refractivity contribution is 5.97. The molecule has 39 heavy (non-hydrogen) atoms. The van der Waals surface area contributed by atoms with Crippen LogP contribution in [0.1, 0.15) is 32.8 Å². The first-order valence-corrected chi connectivity index (χ1v) is 12.3. The molecule has 1 aromatic heterocycles. The number of nitrogens with zero attached hydrogens (tertiary/aromatic N) is 2. The van der Waals surface area contributed by atoms with Crippen molar-refractivity contribution >= 4 is 17.6 Å². The van der Waals surface area contributed by atoms with Crippen molar-refractivity contribution in [3.05, 3.63) is 59.9 Å². The molecular formula is C27H28F4N4O4. The molecule has 3 aromatic rings. The van der Waals surface area contributed by atoms with Crippen molar-refractivity contribution in [3.63, 3.8) is 0 Å². The van der Waals surface area contributed by atoms with Crippen LogP contribution in [-0.4, -0.2) is 46.5 Å². The Morgan fingerprint density at radius 3 is 2.59 bits per heavy atom. The van der Waals surface area contributed by atoms with E-state index in [4.69, 9.17) is 9.47 Å². The smallest absolute Gasteiger partial charge is 0.414 e. The van der Waals surface area contributed by atoms with Gasteiger partial charge in [0.25, 0.3) is 0 Å². The van der Waals surface area contributed by atoms with Gasteiger partial charge in [0.2, 0.25) is 11.8 Å². The molecule has 0 saturated carbocycles. The van der Waals surface area contributed by atoms with Crippen molar-refractivity contribution in [2.75, 3.05) is 11.9 Å². The number of hydrogen-bond acceptors (Lipinski definition) is 5. The number of nitrogens with one attached hydrogen (secondary N) is 2. The molecule has 2 aromatic carbocycles. The SMILES string of the molecule is CC(C)Oc1cccc(-n2nc(NC(=O)[C@@H]3CNC(=O)C3)cc2-c2cccc(CO[C@H](C)C(F)(F)F)c2)c1F. The van der Waals surface area contributed by atoms with Crippen LogP contribution in [0.25, 0.3) is 16.9 Å². The number of ether oxygens (including phenoxy) is 2. The van der Waals surface area contributed by atoms with Crippen molar-refractivity contribution in [2.45, 2.75) is 52.2 Å². The quantitative estimate of drug-likeness (QED) is 0.367. The monoisotopic (exact) mass is 548 g/mol. The van der Waals surface area contributed by atoms with E-state index in [9.17, 15) is 22.8 Å². The van der Waals surface area contributed by atoms with Crippen LogP contribution in [0.2, 0.25) is 0 Å². The highest BCUT2D eigenvalue weighted by Gasteiger charge is 2.37. The third-order valence-electron chi connectivity index (χ3n) is 6.03. The van der Waals surface area contributed by atoms with Crippen molar-refractivity contribution in [3.8, 4) is 22.7 Å². The van der Waals surface area contributed by atoms with Crippen molar-refractivity contribution in [1.82, 2.24) is 15.1 Å². The minimum atomic E-state index is -4.50. The molecule has 2 amide bonds. The van der Waals surface area contributed by atoms with E-state index in [0.717, 1.165) is 6.92 Å². The maximum absolute atomic E-state index is 15.5. The second-order valence-electron chi connectivity index (χ2n) is 9.47. The van der Waals surface area contributed by atoms with Gasteiger partial charge in [-0.15, -0.1) is 5.10 Å². The first-order valence-electron chi connectivity index (χ1n) is 12.3. The van der Waals surface area contributed by atoms with E-state index in [1.807, 2.05) is 0 Å². The van der Waals surface area contributed by atoms with Crippen LogP contribution >= 0.6 is 0 Å². The van der Waals surface area contributed by atoms with Gasteiger partial charge in [-0.25, -0.2) is 9.07 Å². The molecule has 0 aliphatic carbocycles. The molecule has 0 spiro atoms. The Bertz CT molecular complexity index is 1360. The second-order valence-corrected chi connectivity index (χ2v) is 9.47. The molecule has 1 saturated heterocycles. The van der Waals surface area contributed by atoms with Crippen molar-refractivity contribution < 1.29 is 36.6 Å². The zero-order valence-electron chi connectivity index (χ0n) is 21.5. The Morgan fingerprint density at radius 2 is 1.92 bits per heavy atom. The van der Waals surface area contributed by atoms with Crippen LogP contribution < -0.4 is 15.4 Å². The molecule has 8 nitrogen and oxygen atoms in total. The highest BCUT2D eigenvalue weighted by Crippen LogP contribution is 2.32. The molecular weight excluding hydrogens is 520 g/mol. The number of carbonyl (C=O) groups is 2. The summed E-state index contributed by atoms with van der Waals surface area (Å²) in [4.78, 5) is 24.3. The van der Waals surface area contributed by atoms with Gasteiger partial charge in [0.15, 0.2) is 23.5 Å². The molecule has 0 radical (unpaired) electrons. The van der Waals surface area contributed by atoms with E-state index in [-0.39, 0.29) is 48.8 Å². The Balaban J connectivity index is 1.71. The van der Waals surface area contributed by atoms with Crippen LogP contribution in [0.5, 0.6) is 5.75 Å². The lowest BCUT2D eigenvalue weighted by atomic mass is 10.1. The molecule has 2 N–H and O–H groups in total. The lowest BCUT2D eigenvalue weighted by molar-refractivity contribution is -0.217. The number of hydrogen-bond donors (Lipinski definition) is 2. The Hall–Kier alpha value is -3.93. The molecule has 1 aliphatic heterocycles. The number of anilines is 1. The first kappa shape index (κ1) is 28.1. The number of amides is 2. The maximum atomic E-state index is 15.5. The molecule has 4 rings (SSSR count). The number of rotatable bonds is 9. The van der Waals surface area contributed by atoms with E-state index in [1.165, 1.54) is 22.9 Å². The van der Waals surface area contributed by atoms with Gasteiger partial charge in [0, 0.05) is 24.6 Å². The highest BCUT2D eigenvalue weighted by atomic mass is 19.4. The Kier molecular flexibility index (Phi) is 8.24. The van der Waals surface area contributed by atoms with E-state index in [1.54, 1.807) is 44.2 Å². The summed E-state index contributed by atoms with van der Waals surface area (Å²) < 4.78 is 66.0. The molecule has 0 unspecified atom stereocenters. The van der Waals surface area contributed by atoms with Crippen LogP contribution in [0.3, 0.4) is 0 Å². The van der Waals surface area contributed by atoms with Gasteiger partial charge in [-0.3, -0.25) is 9.59 Å². The van der Waals surface area contributed by atoms with Gasteiger partial charge >= 0.3 is 6.18 Å². The van der Waals surface area contributed by atoms with Gasteiger partial charge in [-0.05, 0) is 44.5 Å². The normalized spacial score (nSPS) is 16.3. The predicted molar refractivity (Wildman–Crippen MR) is 135 cm³/mol. The van der Waals surface area contributed by atoms with E-state index in [0.29, 0.717) is 16.8 Å². The summed E-state index contributed by atoms with van der Waals surface area (Å²) in [7, 11) is 0. The zero-order chi connectivity index (χ0) is 28.3. The molecule has 12 heteroatoms. The summed E-state index contributed by atoms with van der Waals surface area (Å²) in [6.45, 7) is 4.33. The number of halogens is 4. The number of benzene rings is 2. The first-order chi connectivity index (χ1) is 18.4. The fraction of sp³-hybridized carbons (Fsp3) is 0.370. The van der Waals surface area contributed by atoms with Crippen LogP contribution in [0, 0.1) is 11.7 Å². The van der Waals surface area contributed by atoms with Crippen molar-refractivity contribution in [2.24, 2.45) is 5.92 Å². The molecule has 1 aliphatic rings. The van der Waals surface area contributed by atoms with Gasteiger partial charge in [-0.2, -0.15) is 13.2 Å². The summed E-state index contributed by atoms with van der Waals surface area (Å²) in [5.41, 5.74) is 1.34. The standard InChI is InChI=1S/C27H28F4N4O4/c1-15(2)39-22-9-5-8-20(25(22)28)35-21(12-23(34-35)33-26(37)19-11-24(36)32-13-19)18-7-4-6-17(10-18)14-38-16(3)27(29,30)31/h4-10,12,15-16,19H,11,13-14H2,1-3H3,(H,32,36)(H,33,34,37)/t16-,19+/m1/s1. The zero-order valence-corrected chi connectivity index (χ0v) is 21.5. The number of alkyl halides is 3. The topological polar surface area (TPSA) is 94.5 Å². The molecule has 1 fully saturated rings. The van der Waals surface area contributed by atoms with Crippen molar-refractivity contribution in [1.29, 1.82) is 0 Å². The average molecular weight is 549 g/mol. The summed E-state index contributed by atoms with van der Waals surface area (Å²) in [6.07, 6.45) is -6.70. The molecule has 0 bridgehead atoms. The fourth-order valence-corrected chi connectivity index (χ4v) is 3.99. The lowest BCUT2D eigenvalue weighted by Gasteiger charge is -2.17. The Morgan fingerprint density at radius 1 is 1.18 bits per heavy atom. The third kappa shape index (κ3) is 6.75. The summed E-state index contributed by atoms with van der Waals surface area (Å²) in [6, 6.07) is 12.6. The predicted octanol–water partition coefficient (Wildman–Crippen LogP) is 5.01. The fourth-order valence-electron chi connectivity index (χ4n) is 3.99. The second kappa shape index (κ2) is 11.4. The van der Waals surface area contributed by atoms with Gasteiger partial charge in [-0.1, -0.05) is 24.3 Å². The van der Waals surface area contributed by atoms with Gasteiger partial charge in [0.1, 0.15) is 5.69 Å². The molecule has 2 heterocycles. The average Bonchev–Trinajstić information content (AvgIpc) is 3.49. The summed E-state index contributed by atoms with van der Waals surface area (Å²) in [5.74, 6) is -1.81. The van der Waals surface area contributed by atoms with Gasteiger partial charge < -0.3 is 20.1 Å². The van der Waals surface area contributed by atoms with Crippen LogP contribution in [0.15, 0.2) is 48.5 Å². The molecule has 2 atom stereocenters. The van der Waals surface area contributed by atoms with Gasteiger partial charge in [0.05, 0.1) is 24.3 Å².